The summed E-state index contributed by atoms with van der Waals surface area (Å²) < 4.78 is 0. The van der Waals surface area contributed by atoms with E-state index in [0.717, 1.165) is 12.8 Å². The topological polar surface area (TPSA) is 491 Å². The Bertz CT molecular complexity index is 2280. The lowest BCUT2D eigenvalue weighted by Gasteiger charge is -2.29. The van der Waals surface area contributed by atoms with Gasteiger partial charge in [0.15, 0.2) is 0 Å². The predicted octanol–water partition coefficient (Wildman–Crippen LogP) is -6.03. The van der Waals surface area contributed by atoms with Crippen LogP contribution in [0.4, 0.5) is 0 Å². The number of rotatable bonds is 27. The van der Waals surface area contributed by atoms with Crippen molar-refractivity contribution in [2.45, 2.75) is 185 Å². The maximum atomic E-state index is 14.5. The molecule has 11 amide bonds. The summed E-state index contributed by atoms with van der Waals surface area (Å²) in [5, 5.41) is 49.5. The van der Waals surface area contributed by atoms with Crippen molar-refractivity contribution in [2.75, 3.05) is 39.3 Å². The molecule has 2 rings (SSSR count). The zero-order valence-electron chi connectivity index (χ0n) is 48.8. The normalized spacial score (nSPS) is 22.8. The van der Waals surface area contributed by atoms with Crippen LogP contribution in [0.2, 0.25) is 0 Å². The minimum atomic E-state index is -1.70. The van der Waals surface area contributed by atoms with Gasteiger partial charge in [0.1, 0.15) is 60.4 Å². The molecule has 29 heteroatoms. The SMILES string of the molecule is CC(C)CCCCC(=O)N[C@@H](CCN)C(=O)N[C@H](C(=O)N[C@@H](CCN)C(=O)N[C@H]1CCNC(=O)[C@H]([C@@H](C)O)NC(=O)[C@H](CCN)NC(=O)[C@H](CCN)NC(=O)[C@H](C(C)C)NC(=O)[C@@H](Cc2ccccc2)NC(=O)[C@H](CCN)NC1=O)[C@@H](C)O. The van der Waals surface area contributed by atoms with Gasteiger partial charge in [-0.1, -0.05) is 70.9 Å². The van der Waals surface area contributed by atoms with Gasteiger partial charge in [-0.15, -0.1) is 0 Å². The zero-order valence-corrected chi connectivity index (χ0v) is 48.8. The van der Waals surface area contributed by atoms with Gasteiger partial charge in [0, 0.05) is 19.4 Å². The Labute approximate surface area is 485 Å². The summed E-state index contributed by atoms with van der Waals surface area (Å²) in [6.07, 6.45) is -2.15. The monoisotopic (exact) mass is 1170 g/mol. The highest BCUT2D eigenvalue weighted by atomic mass is 16.3. The van der Waals surface area contributed by atoms with Gasteiger partial charge in [-0.25, -0.2) is 0 Å². The van der Waals surface area contributed by atoms with Crippen molar-refractivity contribution in [1.29, 1.82) is 0 Å². The molecule has 0 unspecified atom stereocenters. The smallest absolute Gasteiger partial charge is 0.245 e. The molecule has 23 N–H and O–H groups in total. The molecule has 1 heterocycles. The summed E-state index contributed by atoms with van der Waals surface area (Å²) in [5.74, 6) is -9.97. The summed E-state index contributed by atoms with van der Waals surface area (Å²) in [4.78, 5) is 153. The van der Waals surface area contributed by atoms with Crippen LogP contribution in [0, 0.1) is 11.8 Å². The van der Waals surface area contributed by atoms with Crippen molar-refractivity contribution < 1.29 is 63.0 Å². The molecule has 83 heavy (non-hydrogen) atoms. The number of aliphatic hydroxyl groups is 2. The second-order valence-electron chi connectivity index (χ2n) is 21.5. The summed E-state index contributed by atoms with van der Waals surface area (Å²) in [5.41, 5.74) is 29.8. The third kappa shape index (κ3) is 25.6. The highest BCUT2D eigenvalue weighted by molar-refractivity contribution is 5.99. The highest BCUT2D eigenvalue weighted by Gasteiger charge is 2.38. The number of hydrogen-bond donors (Lipinski definition) is 18. The van der Waals surface area contributed by atoms with Crippen LogP contribution in [-0.4, -0.2) is 187 Å². The van der Waals surface area contributed by atoms with E-state index in [0.29, 0.717) is 17.9 Å². The largest absolute Gasteiger partial charge is 0.391 e. The number of carbonyl (C=O) groups is 11. The lowest BCUT2D eigenvalue weighted by Crippen LogP contribution is -2.62. The maximum absolute atomic E-state index is 14.5. The van der Waals surface area contributed by atoms with E-state index in [1.54, 1.807) is 44.2 Å². The molecule has 0 aliphatic carbocycles. The average Bonchev–Trinajstić information content (AvgIpc) is 3.51. The highest BCUT2D eigenvalue weighted by Crippen LogP contribution is 2.12. The first-order valence-electron chi connectivity index (χ1n) is 28.5. The van der Waals surface area contributed by atoms with Crippen molar-refractivity contribution in [3.63, 3.8) is 0 Å². The molecular weight excluding hydrogens is 1080 g/mol. The first kappa shape index (κ1) is 72.2. The average molecular weight is 1180 g/mol. The van der Waals surface area contributed by atoms with Crippen LogP contribution in [0.3, 0.4) is 0 Å². The number of hydrogen-bond acceptors (Lipinski definition) is 18. The van der Waals surface area contributed by atoms with Gasteiger partial charge < -0.3 is 97.4 Å². The van der Waals surface area contributed by atoms with Crippen LogP contribution in [0.25, 0.3) is 0 Å². The van der Waals surface area contributed by atoms with Gasteiger partial charge in [-0.3, -0.25) is 52.7 Å². The third-order valence-electron chi connectivity index (χ3n) is 13.5. The molecule has 468 valence electrons. The van der Waals surface area contributed by atoms with Crippen molar-refractivity contribution >= 4 is 65.0 Å². The van der Waals surface area contributed by atoms with Crippen LogP contribution in [0.15, 0.2) is 30.3 Å². The van der Waals surface area contributed by atoms with E-state index in [-0.39, 0.29) is 77.7 Å². The van der Waals surface area contributed by atoms with Crippen LogP contribution >= 0.6 is 0 Å². The standard InChI is InChI=1S/C54H94N16O13/c1-29(2)12-10-11-15-41(73)61-34(16-22-55)49(78)70-44(32(6)72)54(83)66-37(19-25-58)46(75)64-39-21-27-60-52(81)43(31(5)71)69-50(79)38(20-26-59)63-45(74)36(18-24-57)65-53(82)42(30(3)4)68-51(80)40(28-33-13-8-7-9-14-33)67-47(76)35(17-23-56)62-48(39)77/h7-9,13-14,29-32,34-40,42-44,71-72H,10-12,15-28,55-59H2,1-6H3,(H,60,81)(H,61,73)(H,62,77)(H,63,74)(H,64,75)(H,65,82)(H,66,83)(H,67,76)(H,68,80)(H,69,79)(H,70,78)/t31-,32-,34+,35+,36+,37+,38+,39+,40-,42+,43+,44+/m1/s1. The first-order valence-corrected chi connectivity index (χ1v) is 28.5. The van der Waals surface area contributed by atoms with Crippen LogP contribution in [-0.2, 0) is 59.2 Å². The van der Waals surface area contributed by atoms with Crippen molar-refractivity contribution in [1.82, 2.24) is 58.5 Å². The summed E-state index contributed by atoms with van der Waals surface area (Å²) in [6, 6.07) is -6.29. The van der Waals surface area contributed by atoms with E-state index in [4.69, 9.17) is 28.7 Å². The van der Waals surface area contributed by atoms with Gasteiger partial charge in [0.05, 0.1) is 12.2 Å². The van der Waals surface area contributed by atoms with E-state index >= 15 is 0 Å². The molecule has 1 aliphatic rings. The molecule has 0 saturated carbocycles. The fourth-order valence-electron chi connectivity index (χ4n) is 8.78. The Balaban J connectivity index is 2.67. The van der Waals surface area contributed by atoms with Crippen LogP contribution < -0.4 is 87.2 Å². The predicted molar refractivity (Wildman–Crippen MR) is 307 cm³/mol. The second-order valence-corrected chi connectivity index (χ2v) is 21.5. The number of benzene rings is 1. The number of unbranched alkanes of at least 4 members (excludes halogenated alkanes) is 1. The minimum absolute atomic E-state index is 0.0183. The maximum Gasteiger partial charge on any atom is 0.245 e. The number of nitrogens with two attached hydrogens (primary N) is 5. The van der Waals surface area contributed by atoms with Gasteiger partial charge in [-0.2, -0.15) is 0 Å². The van der Waals surface area contributed by atoms with Gasteiger partial charge in [-0.05, 0) is 109 Å². The Kier molecular flexibility index (Phi) is 33.1. The quantitative estimate of drug-likeness (QED) is 0.0365. The number of carbonyl (C=O) groups excluding carboxylic acids is 11. The summed E-state index contributed by atoms with van der Waals surface area (Å²) >= 11 is 0. The molecule has 0 spiro atoms. The second kappa shape index (κ2) is 38.1. The van der Waals surface area contributed by atoms with E-state index in [9.17, 15) is 63.0 Å². The molecule has 1 aliphatic heterocycles. The van der Waals surface area contributed by atoms with E-state index < -0.39 is 156 Å². The molecule has 1 fully saturated rings. The lowest BCUT2D eigenvalue weighted by molar-refractivity contribution is -0.137. The Morgan fingerprint density at radius 2 is 1.04 bits per heavy atom. The van der Waals surface area contributed by atoms with E-state index in [1.165, 1.54) is 13.8 Å². The molecule has 0 bridgehead atoms. The van der Waals surface area contributed by atoms with Crippen molar-refractivity contribution in [3.05, 3.63) is 35.9 Å². The lowest BCUT2D eigenvalue weighted by atomic mass is 10.00. The van der Waals surface area contributed by atoms with Crippen LogP contribution in [0.5, 0.6) is 0 Å². The van der Waals surface area contributed by atoms with Crippen molar-refractivity contribution in [3.8, 4) is 0 Å². The fraction of sp³-hybridized carbons (Fsp3) is 0.685. The molecule has 1 aromatic rings. The Morgan fingerprint density at radius 3 is 1.54 bits per heavy atom. The Morgan fingerprint density at radius 1 is 0.542 bits per heavy atom. The molecule has 1 saturated heterocycles. The van der Waals surface area contributed by atoms with Gasteiger partial charge >= 0.3 is 0 Å². The molecule has 1 aromatic carbocycles. The third-order valence-corrected chi connectivity index (χ3v) is 13.5. The molecule has 29 nitrogen and oxygen atoms in total. The van der Waals surface area contributed by atoms with E-state index in [2.05, 4.69) is 72.3 Å². The van der Waals surface area contributed by atoms with E-state index in [1.807, 2.05) is 0 Å². The fourth-order valence-corrected chi connectivity index (χ4v) is 8.78. The van der Waals surface area contributed by atoms with Crippen molar-refractivity contribution in [2.24, 2.45) is 40.5 Å². The molecular formula is C54H94N16O13. The molecule has 0 radical (unpaired) electrons. The summed E-state index contributed by atoms with van der Waals surface area (Å²) in [7, 11) is 0. The number of aliphatic hydroxyl groups excluding tert-OH is 2. The molecule has 12 atom stereocenters. The number of nitrogens with one attached hydrogen (secondary N) is 11. The summed E-state index contributed by atoms with van der Waals surface area (Å²) in [6.45, 7) is 8.59. The van der Waals surface area contributed by atoms with Gasteiger partial charge in [0.25, 0.3) is 0 Å². The molecule has 0 aromatic heterocycles. The van der Waals surface area contributed by atoms with Gasteiger partial charge in [0.2, 0.25) is 65.0 Å². The zero-order chi connectivity index (χ0) is 62.3. The number of amides is 11. The Hall–Kier alpha value is -6.89. The minimum Gasteiger partial charge on any atom is -0.391 e. The first-order chi connectivity index (χ1) is 39.3. The van der Waals surface area contributed by atoms with Crippen LogP contribution in [0.1, 0.15) is 111 Å².